The lowest BCUT2D eigenvalue weighted by molar-refractivity contribution is 0.705. The summed E-state index contributed by atoms with van der Waals surface area (Å²) in [5.74, 6) is 2.84. The fraction of sp³-hybridized carbons (Fsp3) is 0.733. The average molecular weight is 260 g/mol. The third kappa shape index (κ3) is 3.17. The number of nitrogens with zero attached hydrogens (tertiary/aromatic N) is 3. The summed E-state index contributed by atoms with van der Waals surface area (Å²) in [6.07, 6.45) is 8.51. The van der Waals surface area contributed by atoms with Crippen molar-refractivity contribution < 1.29 is 0 Å². The molecule has 2 aliphatic carbocycles. The Hall–Kier alpha value is -1.32. The van der Waals surface area contributed by atoms with Crippen LogP contribution >= 0.6 is 0 Å². The molecule has 0 atom stereocenters. The molecule has 4 nitrogen and oxygen atoms in total. The fourth-order valence-electron chi connectivity index (χ4n) is 2.42. The fourth-order valence-corrected chi connectivity index (χ4v) is 2.42. The summed E-state index contributed by atoms with van der Waals surface area (Å²) in [7, 11) is 0. The molecule has 0 aliphatic heterocycles. The highest BCUT2D eigenvalue weighted by molar-refractivity contribution is 5.51. The van der Waals surface area contributed by atoms with Gasteiger partial charge >= 0.3 is 0 Å². The van der Waals surface area contributed by atoms with Crippen LogP contribution in [0.4, 0.5) is 11.8 Å². The molecule has 2 fully saturated rings. The Kier molecular flexibility index (Phi) is 3.58. The molecular formula is C15H24N4. The van der Waals surface area contributed by atoms with Gasteiger partial charge in [-0.15, -0.1) is 0 Å². The molecule has 1 heterocycles. The van der Waals surface area contributed by atoms with E-state index in [1.54, 1.807) is 0 Å². The van der Waals surface area contributed by atoms with Crippen molar-refractivity contribution in [3.63, 3.8) is 0 Å². The summed E-state index contributed by atoms with van der Waals surface area (Å²) in [6, 6.07) is 0.730. The number of aromatic nitrogens is 2. The molecular weight excluding hydrogens is 236 g/mol. The number of aryl methyl sites for hydroxylation is 1. The van der Waals surface area contributed by atoms with Gasteiger partial charge in [-0.25, -0.2) is 4.98 Å². The standard InChI is InChI=1S/C15H24N4/c1-3-8-16-15-17-9-11(2)14(18-15)19(13-6-7-13)10-12-4-5-12/h9,12-13H,3-8,10H2,1-2H3,(H,16,17,18). The second-order valence-corrected chi connectivity index (χ2v) is 5.95. The van der Waals surface area contributed by atoms with E-state index in [-0.39, 0.29) is 0 Å². The van der Waals surface area contributed by atoms with Crippen LogP contribution in [0.2, 0.25) is 0 Å². The van der Waals surface area contributed by atoms with Gasteiger partial charge in [-0.05, 0) is 44.9 Å². The third-order valence-electron chi connectivity index (χ3n) is 3.89. The van der Waals surface area contributed by atoms with Crippen molar-refractivity contribution in [1.82, 2.24) is 9.97 Å². The van der Waals surface area contributed by atoms with Crippen LogP contribution in [-0.2, 0) is 0 Å². The molecule has 1 aromatic heterocycles. The Bertz CT molecular complexity index is 438. The Morgan fingerprint density at radius 1 is 1.32 bits per heavy atom. The quantitative estimate of drug-likeness (QED) is 0.818. The highest BCUT2D eigenvalue weighted by Gasteiger charge is 2.35. The maximum Gasteiger partial charge on any atom is 0.224 e. The Labute approximate surface area is 115 Å². The van der Waals surface area contributed by atoms with E-state index in [4.69, 9.17) is 4.98 Å². The van der Waals surface area contributed by atoms with Crippen LogP contribution in [0.1, 0.15) is 44.6 Å². The van der Waals surface area contributed by atoms with E-state index in [2.05, 4.69) is 29.0 Å². The highest BCUT2D eigenvalue weighted by atomic mass is 15.3. The van der Waals surface area contributed by atoms with Gasteiger partial charge in [-0.2, -0.15) is 4.98 Å². The van der Waals surface area contributed by atoms with Gasteiger partial charge in [-0.3, -0.25) is 0 Å². The van der Waals surface area contributed by atoms with Gasteiger partial charge in [-0.1, -0.05) is 6.92 Å². The molecule has 0 saturated heterocycles. The molecule has 3 rings (SSSR count). The van der Waals surface area contributed by atoms with E-state index in [1.807, 2.05) is 6.20 Å². The van der Waals surface area contributed by atoms with Crippen LogP contribution in [0.25, 0.3) is 0 Å². The molecule has 0 bridgehead atoms. The maximum absolute atomic E-state index is 4.76. The molecule has 104 valence electrons. The predicted molar refractivity (Wildman–Crippen MR) is 78.6 cm³/mol. The number of hydrogen-bond donors (Lipinski definition) is 1. The number of nitrogens with one attached hydrogen (secondary N) is 1. The molecule has 0 spiro atoms. The van der Waals surface area contributed by atoms with Crippen molar-refractivity contribution in [2.24, 2.45) is 5.92 Å². The van der Waals surface area contributed by atoms with Gasteiger partial charge in [0, 0.05) is 30.9 Å². The smallest absolute Gasteiger partial charge is 0.224 e. The lowest BCUT2D eigenvalue weighted by Gasteiger charge is -2.25. The topological polar surface area (TPSA) is 41.1 Å². The van der Waals surface area contributed by atoms with Crippen LogP contribution in [0.15, 0.2) is 6.20 Å². The van der Waals surface area contributed by atoms with E-state index in [9.17, 15) is 0 Å². The zero-order chi connectivity index (χ0) is 13.2. The lowest BCUT2D eigenvalue weighted by atomic mass is 10.3. The van der Waals surface area contributed by atoms with Crippen molar-refractivity contribution in [2.75, 3.05) is 23.3 Å². The summed E-state index contributed by atoms with van der Waals surface area (Å²) >= 11 is 0. The average Bonchev–Trinajstić information content (AvgIpc) is 3.27. The van der Waals surface area contributed by atoms with Gasteiger partial charge < -0.3 is 10.2 Å². The van der Waals surface area contributed by atoms with Gasteiger partial charge in [0.15, 0.2) is 0 Å². The summed E-state index contributed by atoms with van der Waals surface area (Å²) in [6.45, 7) is 6.41. The summed E-state index contributed by atoms with van der Waals surface area (Å²) in [4.78, 5) is 11.7. The van der Waals surface area contributed by atoms with Crippen molar-refractivity contribution in [3.05, 3.63) is 11.8 Å². The largest absolute Gasteiger partial charge is 0.354 e. The minimum absolute atomic E-state index is 0.730. The third-order valence-corrected chi connectivity index (χ3v) is 3.89. The van der Waals surface area contributed by atoms with Crippen LogP contribution in [0.3, 0.4) is 0 Å². The van der Waals surface area contributed by atoms with Crippen LogP contribution < -0.4 is 10.2 Å². The van der Waals surface area contributed by atoms with E-state index >= 15 is 0 Å². The van der Waals surface area contributed by atoms with Gasteiger partial charge in [0.05, 0.1) is 0 Å². The molecule has 0 aromatic carbocycles. The first-order chi connectivity index (χ1) is 9.28. The Balaban J connectivity index is 1.78. The first-order valence-corrected chi connectivity index (χ1v) is 7.62. The number of rotatable bonds is 7. The second-order valence-electron chi connectivity index (χ2n) is 5.95. The van der Waals surface area contributed by atoms with Gasteiger partial charge in [0.25, 0.3) is 0 Å². The van der Waals surface area contributed by atoms with E-state index in [0.29, 0.717) is 0 Å². The molecule has 0 unspecified atom stereocenters. The maximum atomic E-state index is 4.76. The summed E-state index contributed by atoms with van der Waals surface area (Å²) in [5, 5.41) is 3.30. The van der Waals surface area contributed by atoms with Crippen LogP contribution in [-0.4, -0.2) is 29.1 Å². The number of hydrogen-bond acceptors (Lipinski definition) is 4. The summed E-state index contributed by atoms with van der Waals surface area (Å²) < 4.78 is 0. The molecule has 2 saturated carbocycles. The van der Waals surface area contributed by atoms with Gasteiger partial charge in [0.2, 0.25) is 5.95 Å². The summed E-state index contributed by atoms with van der Waals surface area (Å²) in [5.41, 5.74) is 1.20. The molecule has 0 radical (unpaired) electrons. The Morgan fingerprint density at radius 3 is 2.74 bits per heavy atom. The Morgan fingerprint density at radius 2 is 2.11 bits per heavy atom. The normalized spacial score (nSPS) is 18.4. The van der Waals surface area contributed by atoms with Crippen LogP contribution in [0, 0.1) is 12.8 Å². The van der Waals surface area contributed by atoms with Crippen molar-refractivity contribution in [3.8, 4) is 0 Å². The van der Waals surface area contributed by atoms with E-state index < -0.39 is 0 Å². The van der Waals surface area contributed by atoms with Gasteiger partial charge in [0.1, 0.15) is 5.82 Å². The second kappa shape index (κ2) is 5.35. The number of anilines is 2. The van der Waals surface area contributed by atoms with Crippen LogP contribution in [0.5, 0.6) is 0 Å². The SMILES string of the molecule is CCCNc1ncc(C)c(N(CC2CC2)C2CC2)n1. The minimum atomic E-state index is 0.730. The predicted octanol–water partition coefficient (Wildman–Crippen LogP) is 2.99. The zero-order valence-corrected chi connectivity index (χ0v) is 12.0. The molecule has 19 heavy (non-hydrogen) atoms. The van der Waals surface area contributed by atoms with E-state index in [1.165, 1.54) is 37.8 Å². The lowest BCUT2D eigenvalue weighted by Crippen LogP contribution is -2.30. The monoisotopic (exact) mass is 260 g/mol. The molecule has 0 amide bonds. The van der Waals surface area contributed by atoms with Crippen molar-refractivity contribution >= 4 is 11.8 Å². The first-order valence-electron chi connectivity index (χ1n) is 7.62. The highest BCUT2D eigenvalue weighted by Crippen LogP contribution is 2.38. The molecule has 1 aromatic rings. The minimum Gasteiger partial charge on any atom is -0.354 e. The first kappa shape index (κ1) is 12.7. The molecule has 1 N–H and O–H groups in total. The van der Waals surface area contributed by atoms with E-state index in [0.717, 1.165) is 36.7 Å². The zero-order valence-electron chi connectivity index (χ0n) is 12.0. The molecule has 4 heteroatoms. The van der Waals surface area contributed by atoms with Crippen molar-refractivity contribution in [1.29, 1.82) is 0 Å². The molecule has 2 aliphatic rings. The van der Waals surface area contributed by atoms with Crippen molar-refractivity contribution in [2.45, 2.75) is 52.0 Å².